The number of thioether (sulfide) groups is 1. The minimum atomic E-state index is -0.00731. The van der Waals surface area contributed by atoms with Crippen LogP contribution >= 0.6 is 34.7 Å². The lowest BCUT2D eigenvalue weighted by atomic mass is 10.2. The Morgan fingerprint density at radius 3 is 2.93 bits per heavy atom. The second kappa shape index (κ2) is 8.07. The SMILES string of the molecule is O=c1c2sc3ncccc3c2nc(SCc2ccc(Cl)cc2)n1CC1CCCO1. The molecule has 1 aliphatic rings. The van der Waals surface area contributed by atoms with Gasteiger partial charge in [0.25, 0.3) is 5.56 Å². The number of nitrogens with zero attached hydrogens (tertiary/aromatic N) is 3. The number of fused-ring (bicyclic) bond motifs is 3. The smallest absolute Gasteiger partial charge is 0.272 e. The number of benzene rings is 1. The number of rotatable bonds is 5. The normalized spacial score (nSPS) is 16.8. The Balaban J connectivity index is 1.58. The molecule has 0 aliphatic carbocycles. The van der Waals surface area contributed by atoms with E-state index in [2.05, 4.69) is 4.98 Å². The molecule has 5 rings (SSSR count). The minimum Gasteiger partial charge on any atom is -0.376 e. The third-order valence-corrected chi connectivity index (χ3v) is 7.40. The van der Waals surface area contributed by atoms with Crippen molar-refractivity contribution in [3.63, 3.8) is 0 Å². The van der Waals surface area contributed by atoms with Crippen LogP contribution < -0.4 is 5.56 Å². The first-order chi connectivity index (χ1) is 14.2. The fourth-order valence-corrected chi connectivity index (χ4v) is 5.65. The molecule has 4 aromatic rings. The average molecular weight is 444 g/mol. The molecule has 1 aromatic carbocycles. The van der Waals surface area contributed by atoms with E-state index in [9.17, 15) is 4.79 Å². The summed E-state index contributed by atoms with van der Waals surface area (Å²) in [6.07, 6.45) is 3.82. The average Bonchev–Trinajstić information content (AvgIpc) is 3.38. The van der Waals surface area contributed by atoms with Gasteiger partial charge in [-0.1, -0.05) is 35.5 Å². The van der Waals surface area contributed by atoms with E-state index in [4.69, 9.17) is 21.3 Å². The second-order valence-corrected chi connectivity index (χ2v) is 9.37. The van der Waals surface area contributed by atoms with Gasteiger partial charge < -0.3 is 4.74 Å². The molecule has 0 bridgehead atoms. The number of halogens is 1. The number of thiophene rings is 1. The van der Waals surface area contributed by atoms with Crippen LogP contribution in [0.1, 0.15) is 18.4 Å². The largest absolute Gasteiger partial charge is 0.376 e. The lowest BCUT2D eigenvalue weighted by Crippen LogP contribution is -2.28. The molecule has 148 valence electrons. The maximum atomic E-state index is 13.4. The van der Waals surface area contributed by atoms with Gasteiger partial charge in [-0.3, -0.25) is 9.36 Å². The Kier molecular flexibility index (Phi) is 5.30. The lowest BCUT2D eigenvalue weighted by Gasteiger charge is -2.15. The van der Waals surface area contributed by atoms with Crippen LogP contribution in [0, 0.1) is 0 Å². The fourth-order valence-electron chi connectivity index (χ4n) is 3.53. The summed E-state index contributed by atoms with van der Waals surface area (Å²) >= 11 is 8.98. The van der Waals surface area contributed by atoms with Crippen molar-refractivity contribution in [1.82, 2.24) is 14.5 Å². The van der Waals surface area contributed by atoms with E-state index in [0.717, 1.165) is 45.9 Å². The fraction of sp³-hybridized carbons (Fsp3) is 0.286. The van der Waals surface area contributed by atoms with Gasteiger partial charge in [-0.25, -0.2) is 9.97 Å². The Morgan fingerprint density at radius 2 is 2.14 bits per heavy atom. The van der Waals surface area contributed by atoms with E-state index in [-0.39, 0.29) is 11.7 Å². The topological polar surface area (TPSA) is 57.0 Å². The van der Waals surface area contributed by atoms with Gasteiger partial charge in [0.15, 0.2) is 5.16 Å². The molecule has 0 spiro atoms. The molecular formula is C21H18ClN3O2S2. The summed E-state index contributed by atoms with van der Waals surface area (Å²) in [5.74, 6) is 0.709. The minimum absolute atomic E-state index is 0.00731. The van der Waals surface area contributed by atoms with Gasteiger partial charge in [0.1, 0.15) is 9.53 Å². The maximum Gasteiger partial charge on any atom is 0.272 e. The monoisotopic (exact) mass is 443 g/mol. The van der Waals surface area contributed by atoms with Crippen molar-refractivity contribution in [2.75, 3.05) is 6.61 Å². The van der Waals surface area contributed by atoms with Crippen molar-refractivity contribution < 1.29 is 4.74 Å². The van der Waals surface area contributed by atoms with Gasteiger partial charge in [0.05, 0.1) is 18.2 Å². The van der Waals surface area contributed by atoms with E-state index in [1.807, 2.05) is 36.4 Å². The molecule has 0 amide bonds. The zero-order chi connectivity index (χ0) is 19.8. The van der Waals surface area contributed by atoms with E-state index in [0.29, 0.717) is 22.0 Å². The quantitative estimate of drug-likeness (QED) is 0.316. The first-order valence-corrected chi connectivity index (χ1v) is 11.6. The number of hydrogen-bond donors (Lipinski definition) is 0. The highest BCUT2D eigenvalue weighted by atomic mass is 35.5. The zero-order valence-corrected chi connectivity index (χ0v) is 17.9. The van der Waals surface area contributed by atoms with E-state index in [1.165, 1.54) is 11.3 Å². The van der Waals surface area contributed by atoms with Gasteiger partial charge in [-0.15, -0.1) is 11.3 Å². The lowest BCUT2D eigenvalue weighted by molar-refractivity contribution is 0.0938. The van der Waals surface area contributed by atoms with E-state index >= 15 is 0 Å². The molecule has 0 N–H and O–H groups in total. The van der Waals surface area contributed by atoms with Crippen molar-refractivity contribution in [2.45, 2.75) is 36.4 Å². The molecule has 3 aromatic heterocycles. The molecule has 0 radical (unpaired) electrons. The van der Waals surface area contributed by atoms with Crippen LogP contribution in [0.15, 0.2) is 52.5 Å². The zero-order valence-electron chi connectivity index (χ0n) is 15.5. The molecule has 8 heteroatoms. The van der Waals surface area contributed by atoms with Crippen LogP contribution in [-0.4, -0.2) is 27.2 Å². The molecule has 1 saturated heterocycles. The maximum absolute atomic E-state index is 13.4. The van der Waals surface area contributed by atoms with Crippen molar-refractivity contribution in [3.8, 4) is 0 Å². The van der Waals surface area contributed by atoms with Crippen molar-refractivity contribution in [2.24, 2.45) is 0 Å². The van der Waals surface area contributed by atoms with Gasteiger partial charge in [-0.05, 0) is 42.7 Å². The summed E-state index contributed by atoms with van der Waals surface area (Å²) < 4.78 is 8.24. The molecule has 1 fully saturated rings. The van der Waals surface area contributed by atoms with Crippen LogP contribution in [0.3, 0.4) is 0 Å². The van der Waals surface area contributed by atoms with Crippen LogP contribution in [0.4, 0.5) is 0 Å². The van der Waals surface area contributed by atoms with E-state index in [1.54, 1.807) is 22.5 Å². The predicted octanol–water partition coefficient (Wildman–Crippen LogP) is 5.13. The molecule has 0 saturated carbocycles. The van der Waals surface area contributed by atoms with Crippen LogP contribution in [0.25, 0.3) is 20.4 Å². The number of ether oxygens (including phenoxy) is 1. The van der Waals surface area contributed by atoms with Gasteiger partial charge in [0.2, 0.25) is 0 Å². The van der Waals surface area contributed by atoms with Gasteiger partial charge in [-0.2, -0.15) is 0 Å². The molecule has 1 aliphatic heterocycles. The highest BCUT2D eigenvalue weighted by Crippen LogP contribution is 2.31. The molecule has 29 heavy (non-hydrogen) atoms. The third kappa shape index (κ3) is 3.80. The molecule has 1 unspecified atom stereocenters. The summed E-state index contributed by atoms with van der Waals surface area (Å²) in [7, 11) is 0. The number of hydrogen-bond acceptors (Lipinski definition) is 6. The first kappa shape index (κ1) is 19.1. The third-order valence-electron chi connectivity index (χ3n) is 5.01. The Labute approximate surface area is 180 Å². The predicted molar refractivity (Wildman–Crippen MR) is 119 cm³/mol. The van der Waals surface area contributed by atoms with Crippen molar-refractivity contribution >= 4 is 55.1 Å². The van der Waals surface area contributed by atoms with Crippen LogP contribution in [-0.2, 0) is 17.0 Å². The highest BCUT2D eigenvalue weighted by molar-refractivity contribution is 7.98. The summed E-state index contributed by atoms with van der Waals surface area (Å²) in [5.41, 5.74) is 1.87. The number of pyridine rings is 1. The van der Waals surface area contributed by atoms with Crippen LogP contribution in [0.2, 0.25) is 5.02 Å². The summed E-state index contributed by atoms with van der Waals surface area (Å²) in [5, 5.41) is 2.37. The first-order valence-electron chi connectivity index (χ1n) is 9.46. The molecular weight excluding hydrogens is 426 g/mol. The molecule has 4 heterocycles. The highest BCUT2D eigenvalue weighted by Gasteiger charge is 2.22. The Hall–Kier alpha value is -1.93. The Morgan fingerprint density at radius 1 is 1.28 bits per heavy atom. The van der Waals surface area contributed by atoms with Gasteiger partial charge >= 0.3 is 0 Å². The molecule has 5 nitrogen and oxygen atoms in total. The van der Waals surface area contributed by atoms with E-state index < -0.39 is 0 Å². The number of aromatic nitrogens is 3. The van der Waals surface area contributed by atoms with Crippen molar-refractivity contribution in [3.05, 3.63) is 63.5 Å². The Bertz CT molecular complexity index is 1230. The second-order valence-electron chi connectivity index (χ2n) is 7.00. The molecule has 1 atom stereocenters. The summed E-state index contributed by atoms with van der Waals surface area (Å²) in [6, 6.07) is 11.6. The van der Waals surface area contributed by atoms with Crippen molar-refractivity contribution in [1.29, 1.82) is 0 Å². The van der Waals surface area contributed by atoms with Gasteiger partial charge in [0, 0.05) is 29.0 Å². The summed E-state index contributed by atoms with van der Waals surface area (Å²) in [6.45, 7) is 1.29. The standard InChI is InChI=1S/C21H18ClN3O2S2/c22-14-7-5-13(6-8-14)12-28-21-24-17-16-4-1-9-23-19(16)29-18(17)20(26)25(21)11-15-3-2-10-27-15/h1,4-9,15H,2-3,10-12H2. The van der Waals surface area contributed by atoms with Crippen LogP contribution in [0.5, 0.6) is 0 Å². The summed E-state index contributed by atoms with van der Waals surface area (Å²) in [4.78, 5) is 23.5.